The Morgan fingerprint density at radius 3 is 2.77 bits per heavy atom. The monoisotopic (exact) mass is 181 g/mol. The van der Waals surface area contributed by atoms with E-state index in [4.69, 9.17) is 4.74 Å². The lowest BCUT2D eigenvalue weighted by Crippen LogP contribution is -2.14. The van der Waals surface area contributed by atoms with Gasteiger partial charge in [-0.15, -0.1) is 0 Å². The van der Waals surface area contributed by atoms with Gasteiger partial charge in [0.25, 0.3) is 0 Å². The Kier molecular flexibility index (Phi) is 4.43. The van der Waals surface area contributed by atoms with E-state index in [9.17, 15) is 5.11 Å². The lowest BCUT2D eigenvalue weighted by molar-refractivity contribution is 0.0595. The predicted molar refractivity (Wildman–Crippen MR) is 50.4 cm³/mol. The summed E-state index contributed by atoms with van der Waals surface area (Å²) < 4.78 is 4.83. The number of methoxy groups -OCH3 is 1. The van der Waals surface area contributed by atoms with Crippen molar-refractivity contribution in [2.75, 3.05) is 13.7 Å². The number of pyridine rings is 1. The standard InChI is InChI=1S/C10H15NO2/c1-13-8-10(12)3-2-9-4-6-11-7-5-9/h4-7,10,12H,2-3,8H2,1H3. The van der Waals surface area contributed by atoms with Crippen LogP contribution in [0.4, 0.5) is 0 Å². The molecule has 1 N–H and O–H groups in total. The van der Waals surface area contributed by atoms with Gasteiger partial charge in [-0.05, 0) is 30.5 Å². The van der Waals surface area contributed by atoms with E-state index in [0.717, 1.165) is 12.8 Å². The zero-order chi connectivity index (χ0) is 9.52. The van der Waals surface area contributed by atoms with Crippen LogP contribution in [0.15, 0.2) is 24.5 Å². The number of aryl methyl sites for hydroxylation is 1. The first kappa shape index (κ1) is 10.2. The Hall–Kier alpha value is -0.930. The highest BCUT2D eigenvalue weighted by Gasteiger charge is 2.02. The average Bonchev–Trinajstić information content (AvgIpc) is 2.17. The molecule has 1 aromatic rings. The van der Waals surface area contributed by atoms with E-state index in [1.807, 2.05) is 12.1 Å². The maximum absolute atomic E-state index is 9.37. The summed E-state index contributed by atoms with van der Waals surface area (Å²) in [5.41, 5.74) is 1.20. The van der Waals surface area contributed by atoms with Crippen LogP contribution in [0.1, 0.15) is 12.0 Å². The summed E-state index contributed by atoms with van der Waals surface area (Å²) in [5.74, 6) is 0. The molecule has 0 spiro atoms. The van der Waals surface area contributed by atoms with Crippen molar-refractivity contribution in [1.29, 1.82) is 0 Å². The van der Waals surface area contributed by atoms with Gasteiger partial charge in [0.05, 0.1) is 12.7 Å². The smallest absolute Gasteiger partial charge is 0.0776 e. The van der Waals surface area contributed by atoms with E-state index in [-0.39, 0.29) is 6.10 Å². The zero-order valence-electron chi connectivity index (χ0n) is 7.81. The molecule has 1 heterocycles. The molecule has 1 rings (SSSR count). The molecule has 1 unspecified atom stereocenters. The molecule has 1 aromatic heterocycles. The van der Waals surface area contributed by atoms with Crippen molar-refractivity contribution < 1.29 is 9.84 Å². The van der Waals surface area contributed by atoms with Crippen molar-refractivity contribution in [3.8, 4) is 0 Å². The van der Waals surface area contributed by atoms with Crippen LogP contribution in [-0.4, -0.2) is 29.9 Å². The second-order valence-electron chi connectivity index (χ2n) is 3.00. The fourth-order valence-electron chi connectivity index (χ4n) is 1.16. The van der Waals surface area contributed by atoms with Crippen LogP contribution >= 0.6 is 0 Å². The van der Waals surface area contributed by atoms with Gasteiger partial charge in [-0.25, -0.2) is 0 Å². The third-order valence-corrected chi connectivity index (χ3v) is 1.87. The predicted octanol–water partition coefficient (Wildman–Crippen LogP) is 1.02. The molecule has 1 atom stereocenters. The third-order valence-electron chi connectivity index (χ3n) is 1.87. The molecule has 0 aliphatic heterocycles. The fraction of sp³-hybridized carbons (Fsp3) is 0.500. The molecule has 0 amide bonds. The minimum absolute atomic E-state index is 0.363. The Labute approximate surface area is 78.4 Å². The number of hydrogen-bond donors (Lipinski definition) is 1. The number of rotatable bonds is 5. The summed E-state index contributed by atoms with van der Waals surface area (Å²) in [4.78, 5) is 3.92. The largest absolute Gasteiger partial charge is 0.391 e. The first-order chi connectivity index (χ1) is 6.33. The molecule has 3 heteroatoms. The minimum atomic E-state index is -0.363. The van der Waals surface area contributed by atoms with Gasteiger partial charge in [-0.1, -0.05) is 0 Å². The third kappa shape index (κ3) is 4.01. The zero-order valence-corrected chi connectivity index (χ0v) is 7.81. The second kappa shape index (κ2) is 5.67. The number of nitrogens with zero attached hydrogens (tertiary/aromatic N) is 1. The average molecular weight is 181 g/mol. The molecule has 0 saturated carbocycles. The number of aliphatic hydroxyl groups is 1. The number of aromatic nitrogens is 1. The second-order valence-corrected chi connectivity index (χ2v) is 3.00. The van der Waals surface area contributed by atoms with Crippen molar-refractivity contribution in [1.82, 2.24) is 4.98 Å². The van der Waals surface area contributed by atoms with Crippen LogP contribution in [0.2, 0.25) is 0 Å². The summed E-state index contributed by atoms with van der Waals surface area (Å²) in [5, 5.41) is 9.37. The van der Waals surface area contributed by atoms with Crippen LogP contribution in [0.5, 0.6) is 0 Å². The van der Waals surface area contributed by atoms with E-state index >= 15 is 0 Å². The van der Waals surface area contributed by atoms with Gasteiger partial charge in [-0.2, -0.15) is 0 Å². The maximum atomic E-state index is 9.37. The molecule has 0 saturated heterocycles. The highest BCUT2D eigenvalue weighted by molar-refractivity contribution is 5.09. The van der Waals surface area contributed by atoms with Crippen LogP contribution in [0.3, 0.4) is 0 Å². The van der Waals surface area contributed by atoms with E-state index in [1.165, 1.54) is 5.56 Å². The van der Waals surface area contributed by atoms with Gasteiger partial charge in [0.2, 0.25) is 0 Å². The van der Waals surface area contributed by atoms with Gasteiger partial charge in [0.15, 0.2) is 0 Å². The molecular weight excluding hydrogens is 166 g/mol. The quantitative estimate of drug-likeness (QED) is 0.737. The van der Waals surface area contributed by atoms with Crippen LogP contribution in [0.25, 0.3) is 0 Å². The van der Waals surface area contributed by atoms with E-state index in [2.05, 4.69) is 4.98 Å². The lowest BCUT2D eigenvalue weighted by atomic mass is 10.1. The fourth-order valence-corrected chi connectivity index (χ4v) is 1.16. The summed E-state index contributed by atoms with van der Waals surface area (Å²) >= 11 is 0. The van der Waals surface area contributed by atoms with E-state index < -0.39 is 0 Å². The Morgan fingerprint density at radius 1 is 1.46 bits per heavy atom. The van der Waals surface area contributed by atoms with Crippen LogP contribution in [-0.2, 0) is 11.2 Å². The highest BCUT2D eigenvalue weighted by atomic mass is 16.5. The van der Waals surface area contributed by atoms with Gasteiger partial charge >= 0.3 is 0 Å². The van der Waals surface area contributed by atoms with Crippen molar-refractivity contribution in [3.05, 3.63) is 30.1 Å². The van der Waals surface area contributed by atoms with Crippen molar-refractivity contribution in [3.63, 3.8) is 0 Å². The highest BCUT2D eigenvalue weighted by Crippen LogP contribution is 2.03. The molecule has 0 aliphatic rings. The van der Waals surface area contributed by atoms with Gasteiger partial charge in [-0.3, -0.25) is 4.98 Å². The molecule has 72 valence electrons. The molecule has 13 heavy (non-hydrogen) atoms. The van der Waals surface area contributed by atoms with Gasteiger partial charge in [0, 0.05) is 19.5 Å². The molecule has 0 aromatic carbocycles. The summed E-state index contributed by atoms with van der Waals surface area (Å²) in [7, 11) is 1.59. The van der Waals surface area contributed by atoms with Crippen molar-refractivity contribution >= 4 is 0 Å². The van der Waals surface area contributed by atoms with Gasteiger partial charge < -0.3 is 9.84 Å². The Balaban J connectivity index is 2.27. The number of ether oxygens (including phenoxy) is 1. The summed E-state index contributed by atoms with van der Waals surface area (Å²) in [6.45, 7) is 0.408. The Morgan fingerprint density at radius 2 is 2.15 bits per heavy atom. The molecular formula is C10H15NO2. The van der Waals surface area contributed by atoms with E-state index in [0.29, 0.717) is 6.61 Å². The molecule has 0 aliphatic carbocycles. The SMILES string of the molecule is COCC(O)CCc1ccncc1. The minimum Gasteiger partial charge on any atom is -0.391 e. The van der Waals surface area contributed by atoms with Crippen molar-refractivity contribution in [2.45, 2.75) is 18.9 Å². The molecule has 0 fully saturated rings. The maximum Gasteiger partial charge on any atom is 0.0776 e. The molecule has 0 bridgehead atoms. The van der Waals surface area contributed by atoms with Crippen LogP contribution < -0.4 is 0 Å². The Bertz CT molecular complexity index is 226. The summed E-state index contributed by atoms with van der Waals surface area (Å²) in [6, 6.07) is 3.92. The number of aliphatic hydroxyl groups excluding tert-OH is 1. The lowest BCUT2D eigenvalue weighted by Gasteiger charge is -2.08. The normalized spacial score (nSPS) is 12.8. The number of hydrogen-bond acceptors (Lipinski definition) is 3. The van der Waals surface area contributed by atoms with E-state index in [1.54, 1.807) is 19.5 Å². The first-order valence-electron chi connectivity index (χ1n) is 4.39. The van der Waals surface area contributed by atoms with Crippen molar-refractivity contribution in [2.24, 2.45) is 0 Å². The van der Waals surface area contributed by atoms with Gasteiger partial charge in [0.1, 0.15) is 0 Å². The summed E-state index contributed by atoms with van der Waals surface area (Å²) in [6.07, 6.45) is 4.76. The topological polar surface area (TPSA) is 42.4 Å². The molecule has 0 radical (unpaired) electrons. The first-order valence-corrected chi connectivity index (χ1v) is 4.39. The van der Waals surface area contributed by atoms with Crippen LogP contribution in [0, 0.1) is 0 Å². The molecule has 3 nitrogen and oxygen atoms in total.